The van der Waals surface area contributed by atoms with Gasteiger partial charge in [0.2, 0.25) is 11.8 Å². The third-order valence-electron chi connectivity index (χ3n) is 2.45. The van der Waals surface area contributed by atoms with Gasteiger partial charge in [0.15, 0.2) is 0 Å². The van der Waals surface area contributed by atoms with Crippen molar-refractivity contribution >= 4 is 11.6 Å². The quantitative estimate of drug-likeness (QED) is 0.628. The molecule has 8 nitrogen and oxygen atoms in total. The number of nitrogens with zero attached hydrogens (tertiary/aromatic N) is 5. The van der Waals surface area contributed by atoms with Crippen LogP contribution in [0.4, 0.5) is 11.6 Å². The van der Waals surface area contributed by atoms with E-state index in [4.69, 9.17) is 5.73 Å². The Morgan fingerprint density at radius 2 is 2.00 bits per heavy atom. The highest BCUT2D eigenvalue weighted by atomic mass is 16.6. The molecule has 0 fully saturated rings. The van der Waals surface area contributed by atoms with Crippen LogP contribution in [0.5, 0.6) is 0 Å². The summed E-state index contributed by atoms with van der Waals surface area (Å²) in [6.07, 6.45) is 0. The molecule has 8 heteroatoms. The van der Waals surface area contributed by atoms with Crippen LogP contribution in [0.15, 0.2) is 6.07 Å². The zero-order valence-corrected chi connectivity index (χ0v) is 10.2. The maximum absolute atomic E-state index is 11.1. The minimum absolute atomic E-state index is 0.0133. The summed E-state index contributed by atoms with van der Waals surface area (Å²) < 4.78 is 1.40. The van der Waals surface area contributed by atoms with Crippen LogP contribution in [-0.4, -0.2) is 24.7 Å². The van der Waals surface area contributed by atoms with Crippen molar-refractivity contribution in [1.82, 2.24) is 19.7 Å². The fourth-order valence-electron chi connectivity index (χ4n) is 1.78. The van der Waals surface area contributed by atoms with E-state index in [2.05, 4.69) is 15.1 Å². The molecule has 0 saturated heterocycles. The van der Waals surface area contributed by atoms with Gasteiger partial charge in [-0.05, 0) is 26.8 Å². The largest absolute Gasteiger partial charge is 0.368 e. The Kier molecular flexibility index (Phi) is 2.70. The Balaban J connectivity index is 2.77. The van der Waals surface area contributed by atoms with E-state index in [9.17, 15) is 10.1 Å². The molecular weight excluding hydrogens is 236 g/mol. The van der Waals surface area contributed by atoms with Crippen molar-refractivity contribution in [2.24, 2.45) is 0 Å². The molecule has 2 rings (SSSR count). The third-order valence-corrected chi connectivity index (χ3v) is 2.45. The molecular formula is C10H12N6O2. The highest BCUT2D eigenvalue weighted by molar-refractivity contribution is 5.52. The number of rotatable bonds is 2. The van der Waals surface area contributed by atoms with E-state index >= 15 is 0 Å². The van der Waals surface area contributed by atoms with Gasteiger partial charge in [0.1, 0.15) is 5.69 Å². The molecule has 18 heavy (non-hydrogen) atoms. The highest BCUT2D eigenvalue weighted by Crippen LogP contribution is 2.25. The van der Waals surface area contributed by atoms with Crippen molar-refractivity contribution in [1.29, 1.82) is 0 Å². The van der Waals surface area contributed by atoms with Crippen LogP contribution in [0, 0.1) is 30.9 Å². The lowest BCUT2D eigenvalue weighted by Crippen LogP contribution is -2.11. The molecule has 0 aliphatic heterocycles. The van der Waals surface area contributed by atoms with Crippen LogP contribution >= 0.6 is 0 Å². The lowest BCUT2D eigenvalue weighted by Gasteiger charge is -2.06. The summed E-state index contributed by atoms with van der Waals surface area (Å²) in [7, 11) is 0. The molecule has 0 unspecified atom stereocenters. The van der Waals surface area contributed by atoms with Crippen molar-refractivity contribution in [3.05, 3.63) is 33.3 Å². The number of nitrogens with two attached hydrogens (primary N) is 1. The van der Waals surface area contributed by atoms with Crippen LogP contribution in [0.1, 0.15) is 17.1 Å². The van der Waals surface area contributed by atoms with E-state index in [1.54, 1.807) is 19.9 Å². The highest BCUT2D eigenvalue weighted by Gasteiger charge is 2.24. The summed E-state index contributed by atoms with van der Waals surface area (Å²) in [5.41, 5.74) is 7.06. The molecule has 0 aliphatic carbocycles. The molecule has 0 spiro atoms. The first-order valence-corrected chi connectivity index (χ1v) is 5.22. The molecule has 0 atom stereocenters. The predicted molar refractivity (Wildman–Crippen MR) is 64.4 cm³/mol. The van der Waals surface area contributed by atoms with Crippen molar-refractivity contribution in [2.75, 3.05) is 5.73 Å². The molecule has 2 aromatic heterocycles. The Hall–Kier alpha value is -2.51. The predicted octanol–water partition coefficient (Wildman–Crippen LogP) is 1.08. The minimum Gasteiger partial charge on any atom is -0.368 e. The van der Waals surface area contributed by atoms with E-state index in [0.717, 1.165) is 11.4 Å². The summed E-state index contributed by atoms with van der Waals surface area (Å²) in [6.45, 7) is 5.11. The number of aromatic nitrogens is 4. The number of anilines is 1. The van der Waals surface area contributed by atoms with Crippen LogP contribution < -0.4 is 5.73 Å². The van der Waals surface area contributed by atoms with E-state index in [1.165, 1.54) is 11.6 Å². The average Bonchev–Trinajstić information content (AvgIpc) is 2.55. The zero-order valence-electron chi connectivity index (χ0n) is 10.2. The maximum Gasteiger partial charge on any atom is 0.334 e. The molecule has 0 aromatic carbocycles. The van der Waals surface area contributed by atoms with Crippen LogP contribution in [0.25, 0.3) is 5.82 Å². The van der Waals surface area contributed by atoms with Gasteiger partial charge in [0.25, 0.3) is 0 Å². The van der Waals surface area contributed by atoms with Gasteiger partial charge in [-0.2, -0.15) is 10.1 Å². The molecule has 0 bridgehead atoms. The Bertz CT molecular complexity index is 634. The number of aryl methyl sites for hydroxylation is 3. The Morgan fingerprint density at radius 3 is 2.50 bits per heavy atom. The zero-order chi connectivity index (χ0) is 13.4. The minimum atomic E-state index is -0.527. The Morgan fingerprint density at radius 1 is 1.33 bits per heavy atom. The first-order valence-electron chi connectivity index (χ1n) is 5.22. The van der Waals surface area contributed by atoms with Crippen LogP contribution in [-0.2, 0) is 0 Å². The topological polar surface area (TPSA) is 113 Å². The molecule has 0 amide bonds. The lowest BCUT2D eigenvalue weighted by molar-refractivity contribution is -0.385. The fraction of sp³-hybridized carbons (Fsp3) is 0.300. The molecule has 94 valence electrons. The second-order valence-electron chi connectivity index (χ2n) is 3.94. The van der Waals surface area contributed by atoms with E-state index in [-0.39, 0.29) is 23.1 Å². The van der Waals surface area contributed by atoms with Crippen molar-refractivity contribution < 1.29 is 4.92 Å². The fourth-order valence-corrected chi connectivity index (χ4v) is 1.78. The molecule has 0 aliphatic rings. The molecule has 2 aromatic rings. The van der Waals surface area contributed by atoms with Crippen molar-refractivity contribution in [3.63, 3.8) is 0 Å². The summed E-state index contributed by atoms with van der Waals surface area (Å²) in [4.78, 5) is 18.3. The van der Waals surface area contributed by atoms with Gasteiger partial charge in [-0.3, -0.25) is 10.1 Å². The number of hydrogen-bond donors (Lipinski definition) is 1. The summed E-state index contributed by atoms with van der Waals surface area (Å²) in [6, 6.07) is 1.80. The SMILES string of the molecule is Cc1cc(C)n(-c2nc(N)nc(C)c2[N+](=O)[O-])n1. The van der Waals surface area contributed by atoms with E-state index in [1.807, 2.05) is 0 Å². The molecule has 0 radical (unpaired) electrons. The van der Waals surface area contributed by atoms with Gasteiger partial charge < -0.3 is 5.73 Å². The standard InChI is InChI=1S/C10H12N6O2/c1-5-4-6(2)15(14-5)9-8(16(17)18)7(3)12-10(11)13-9/h4H,1-3H3,(H2,11,12,13). The number of nitrogen functional groups attached to an aromatic ring is 1. The second kappa shape index (κ2) is 4.06. The second-order valence-corrected chi connectivity index (χ2v) is 3.94. The summed E-state index contributed by atoms with van der Waals surface area (Å²) in [5, 5.41) is 15.3. The third kappa shape index (κ3) is 1.88. The maximum atomic E-state index is 11.1. The van der Waals surface area contributed by atoms with Gasteiger partial charge in [0, 0.05) is 5.69 Å². The summed E-state index contributed by atoms with van der Waals surface area (Å²) >= 11 is 0. The monoisotopic (exact) mass is 248 g/mol. The van der Waals surface area contributed by atoms with Crippen LogP contribution in [0.3, 0.4) is 0 Å². The van der Waals surface area contributed by atoms with Gasteiger partial charge in [-0.25, -0.2) is 9.67 Å². The van der Waals surface area contributed by atoms with Gasteiger partial charge in [-0.1, -0.05) is 0 Å². The van der Waals surface area contributed by atoms with Gasteiger partial charge in [0.05, 0.1) is 10.6 Å². The first-order chi connectivity index (χ1) is 8.40. The van der Waals surface area contributed by atoms with Crippen LogP contribution in [0.2, 0.25) is 0 Å². The first kappa shape index (κ1) is 12.0. The summed E-state index contributed by atoms with van der Waals surface area (Å²) in [5.74, 6) is 0.0799. The molecule has 0 saturated carbocycles. The van der Waals surface area contributed by atoms with Crippen molar-refractivity contribution in [2.45, 2.75) is 20.8 Å². The van der Waals surface area contributed by atoms with Gasteiger partial charge >= 0.3 is 5.69 Å². The number of nitro groups is 1. The van der Waals surface area contributed by atoms with E-state index in [0.29, 0.717) is 0 Å². The average molecular weight is 248 g/mol. The van der Waals surface area contributed by atoms with Crippen molar-refractivity contribution in [3.8, 4) is 5.82 Å². The smallest absolute Gasteiger partial charge is 0.334 e. The van der Waals surface area contributed by atoms with E-state index < -0.39 is 4.92 Å². The van der Waals surface area contributed by atoms with Gasteiger partial charge in [-0.15, -0.1) is 0 Å². The number of hydrogen-bond acceptors (Lipinski definition) is 6. The lowest BCUT2D eigenvalue weighted by atomic mass is 10.3. The normalized spacial score (nSPS) is 10.6. The molecule has 2 heterocycles. The Labute approximate surface area is 103 Å². The molecule has 2 N–H and O–H groups in total.